The molecule has 0 aliphatic carbocycles. The van der Waals surface area contributed by atoms with Crippen molar-refractivity contribution in [3.05, 3.63) is 30.0 Å². The molecular weight excluding hydrogens is 415 g/mol. The first-order valence-corrected chi connectivity index (χ1v) is 8.47. The first-order valence-electron chi connectivity index (χ1n) is 8.47. The molecule has 2 heterocycles. The highest BCUT2D eigenvalue weighted by Gasteiger charge is 2.11. The molecule has 1 aliphatic heterocycles. The van der Waals surface area contributed by atoms with E-state index in [9.17, 15) is 0 Å². The molecular formula is C18H27IN4O. The Balaban J connectivity index is 0.00000208. The van der Waals surface area contributed by atoms with Crippen LogP contribution in [0, 0.1) is 0 Å². The number of nitrogens with zero attached hydrogens (tertiary/aromatic N) is 2. The molecule has 0 spiro atoms. The Morgan fingerprint density at radius 1 is 1.25 bits per heavy atom. The molecule has 24 heavy (non-hydrogen) atoms. The van der Waals surface area contributed by atoms with Crippen LogP contribution in [0.2, 0.25) is 0 Å². The van der Waals surface area contributed by atoms with Gasteiger partial charge in [0.2, 0.25) is 0 Å². The predicted molar refractivity (Wildman–Crippen MR) is 111 cm³/mol. The summed E-state index contributed by atoms with van der Waals surface area (Å²) < 4.78 is 5.47. The number of aromatic nitrogens is 1. The number of ether oxygens (including phenoxy) is 1. The molecule has 2 aromatic rings. The van der Waals surface area contributed by atoms with E-state index < -0.39 is 0 Å². The third-order valence-electron chi connectivity index (χ3n) is 4.55. The zero-order chi connectivity index (χ0) is 16.1. The molecule has 132 valence electrons. The number of nitrogens with one attached hydrogen (secondary N) is 1. The Bertz CT molecular complexity index is 675. The van der Waals surface area contributed by atoms with Gasteiger partial charge in [-0.05, 0) is 37.0 Å². The van der Waals surface area contributed by atoms with Crippen molar-refractivity contribution >= 4 is 40.8 Å². The number of aliphatic imine (C=N–C) groups is 1. The van der Waals surface area contributed by atoms with Crippen molar-refractivity contribution in [2.24, 2.45) is 10.7 Å². The summed E-state index contributed by atoms with van der Waals surface area (Å²) >= 11 is 0. The second-order valence-electron chi connectivity index (χ2n) is 6.09. The second kappa shape index (κ2) is 9.15. The summed E-state index contributed by atoms with van der Waals surface area (Å²) in [7, 11) is 1.71. The van der Waals surface area contributed by atoms with Crippen LogP contribution in [0.25, 0.3) is 10.9 Å². The Morgan fingerprint density at radius 2 is 2.00 bits per heavy atom. The van der Waals surface area contributed by atoms with Gasteiger partial charge in [0.1, 0.15) is 5.75 Å². The number of hydrogen-bond acceptors (Lipinski definition) is 2. The van der Waals surface area contributed by atoms with E-state index in [4.69, 9.17) is 10.5 Å². The van der Waals surface area contributed by atoms with E-state index in [1.807, 2.05) is 18.3 Å². The lowest BCUT2D eigenvalue weighted by Crippen LogP contribution is -2.38. The molecule has 0 atom stereocenters. The number of guanidine groups is 1. The maximum absolute atomic E-state index is 6.17. The van der Waals surface area contributed by atoms with Gasteiger partial charge in [-0.25, -0.2) is 0 Å². The maximum Gasteiger partial charge on any atom is 0.191 e. The molecule has 5 nitrogen and oxygen atoms in total. The molecule has 1 aromatic heterocycles. The van der Waals surface area contributed by atoms with E-state index in [-0.39, 0.29) is 24.0 Å². The van der Waals surface area contributed by atoms with Crippen molar-refractivity contribution < 1.29 is 4.74 Å². The van der Waals surface area contributed by atoms with Gasteiger partial charge in [0.25, 0.3) is 0 Å². The van der Waals surface area contributed by atoms with E-state index in [1.165, 1.54) is 31.2 Å². The molecule has 1 saturated heterocycles. The third-order valence-corrected chi connectivity index (χ3v) is 4.55. The van der Waals surface area contributed by atoms with Gasteiger partial charge in [-0.1, -0.05) is 18.9 Å². The number of halogens is 1. The number of hydrogen-bond donors (Lipinski definition) is 2. The number of aromatic amines is 1. The quantitative estimate of drug-likeness (QED) is 0.433. The summed E-state index contributed by atoms with van der Waals surface area (Å²) in [6.07, 6.45) is 7.95. The van der Waals surface area contributed by atoms with E-state index >= 15 is 0 Å². The first kappa shape index (κ1) is 18.9. The van der Waals surface area contributed by atoms with Crippen LogP contribution in [-0.4, -0.2) is 42.6 Å². The fourth-order valence-electron chi connectivity index (χ4n) is 3.28. The minimum Gasteiger partial charge on any atom is -0.496 e. The Hall–Kier alpha value is -1.44. The van der Waals surface area contributed by atoms with Crippen LogP contribution in [0.4, 0.5) is 0 Å². The summed E-state index contributed by atoms with van der Waals surface area (Å²) in [5.41, 5.74) is 8.50. The van der Waals surface area contributed by atoms with Crippen molar-refractivity contribution in [2.75, 3.05) is 26.7 Å². The van der Waals surface area contributed by atoms with Crippen molar-refractivity contribution in [2.45, 2.75) is 32.1 Å². The number of benzene rings is 1. The number of rotatable bonds is 4. The summed E-state index contributed by atoms with van der Waals surface area (Å²) in [5.74, 6) is 1.60. The van der Waals surface area contributed by atoms with Crippen LogP contribution in [0.3, 0.4) is 0 Å². The van der Waals surface area contributed by atoms with Gasteiger partial charge in [-0.3, -0.25) is 4.99 Å². The van der Waals surface area contributed by atoms with Crippen molar-refractivity contribution in [3.63, 3.8) is 0 Å². The lowest BCUT2D eigenvalue weighted by molar-refractivity contribution is 0.419. The van der Waals surface area contributed by atoms with E-state index in [2.05, 4.69) is 20.9 Å². The lowest BCUT2D eigenvalue weighted by Gasteiger charge is -2.21. The van der Waals surface area contributed by atoms with Crippen LogP contribution >= 0.6 is 24.0 Å². The first-order chi connectivity index (χ1) is 11.3. The van der Waals surface area contributed by atoms with Crippen LogP contribution in [-0.2, 0) is 6.42 Å². The van der Waals surface area contributed by atoms with E-state index in [0.29, 0.717) is 12.5 Å². The number of methoxy groups -OCH3 is 1. The highest BCUT2D eigenvalue weighted by atomic mass is 127. The lowest BCUT2D eigenvalue weighted by atomic mass is 10.1. The molecule has 1 aromatic carbocycles. The summed E-state index contributed by atoms with van der Waals surface area (Å²) in [5, 5.41) is 1.15. The molecule has 3 N–H and O–H groups in total. The molecule has 1 aliphatic rings. The van der Waals surface area contributed by atoms with Crippen molar-refractivity contribution in [3.8, 4) is 5.75 Å². The number of likely N-dealkylation sites (tertiary alicyclic amines) is 1. The number of nitrogens with two attached hydrogens (primary N) is 1. The molecule has 0 amide bonds. The Labute approximate surface area is 160 Å². The fourth-order valence-corrected chi connectivity index (χ4v) is 3.28. The predicted octanol–water partition coefficient (Wildman–Crippen LogP) is 3.53. The largest absolute Gasteiger partial charge is 0.496 e. The fraction of sp³-hybridized carbons (Fsp3) is 0.500. The topological polar surface area (TPSA) is 66.6 Å². The molecule has 0 radical (unpaired) electrons. The number of fused-ring (bicyclic) bond motifs is 1. The smallest absolute Gasteiger partial charge is 0.191 e. The summed E-state index contributed by atoms with van der Waals surface area (Å²) in [4.78, 5) is 10.1. The SMILES string of the molecule is COc1cccc2[nH]cc(CCN=C(N)N3CCCCCC3)c12.I. The summed E-state index contributed by atoms with van der Waals surface area (Å²) in [6, 6.07) is 6.06. The average molecular weight is 442 g/mol. The van der Waals surface area contributed by atoms with Gasteiger partial charge in [0.15, 0.2) is 5.96 Å². The standard InChI is InChI=1S/C18H26N4O.HI/c1-23-16-8-6-7-15-17(16)14(13-21-15)9-10-20-18(19)22-11-4-2-3-5-12-22;/h6-8,13,21H,2-5,9-12H2,1H3,(H2,19,20);1H. The summed E-state index contributed by atoms with van der Waals surface area (Å²) in [6.45, 7) is 2.78. The highest BCUT2D eigenvalue weighted by molar-refractivity contribution is 14.0. The zero-order valence-electron chi connectivity index (χ0n) is 14.3. The average Bonchev–Trinajstić information content (AvgIpc) is 2.81. The van der Waals surface area contributed by atoms with Gasteiger partial charge < -0.3 is 20.4 Å². The van der Waals surface area contributed by atoms with Gasteiger partial charge in [-0.2, -0.15) is 0 Å². The van der Waals surface area contributed by atoms with Crippen LogP contribution in [0.15, 0.2) is 29.4 Å². The Morgan fingerprint density at radius 3 is 2.71 bits per heavy atom. The minimum absolute atomic E-state index is 0. The van der Waals surface area contributed by atoms with Crippen molar-refractivity contribution in [1.82, 2.24) is 9.88 Å². The van der Waals surface area contributed by atoms with E-state index in [1.54, 1.807) is 7.11 Å². The van der Waals surface area contributed by atoms with Crippen LogP contribution in [0.1, 0.15) is 31.2 Å². The van der Waals surface area contributed by atoms with Crippen LogP contribution in [0.5, 0.6) is 5.75 Å². The minimum atomic E-state index is 0. The molecule has 1 fully saturated rings. The Kier molecular flexibility index (Phi) is 7.20. The molecule has 6 heteroatoms. The van der Waals surface area contributed by atoms with Gasteiger partial charge in [0.05, 0.1) is 7.11 Å². The van der Waals surface area contributed by atoms with E-state index in [0.717, 1.165) is 36.2 Å². The number of H-pyrrole nitrogens is 1. The van der Waals surface area contributed by atoms with Crippen LogP contribution < -0.4 is 10.5 Å². The second-order valence-corrected chi connectivity index (χ2v) is 6.09. The molecule has 0 unspecified atom stereocenters. The molecule has 3 rings (SSSR count). The normalized spacial score (nSPS) is 15.9. The monoisotopic (exact) mass is 442 g/mol. The zero-order valence-corrected chi connectivity index (χ0v) is 16.6. The van der Waals surface area contributed by atoms with Gasteiger partial charge in [-0.15, -0.1) is 24.0 Å². The molecule has 0 bridgehead atoms. The van der Waals surface area contributed by atoms with Crippen molar-refractivity contribution in [1.29, 1.82) is 0 Å². The maximum atomic E-state index is 6.17. The van der Waals surface area contributed by atoms with Gasteiger partial charge >= 0.3 is 0 Å². The highest BCUT2D eigenvalue weighted by Crippen LogP contribution is 2.28. The molecule has 0 saturated carbocycles. The third kappa shape index (κ3) is 4.34. The van der Waals surface area contributed by atoms with Gasteiger partial charge in [0, 0.05) is 36.7 Å².